The Bertz CT molecular complexity index is 477. The molecular weight excluding hydrogens is 224 g/mol. The minimum atomic E-state index is -0.805. The molecule has 0 saturated heterocycles. The molecule has 0 atom stereocenters. The number of rotatable bonds is 3. The quantitative estimate of drug-likeness (QED) is 0.878. The molecule has 0 bridgehead atoms. The topological polar surface area (TPSA) is 54.6 Å². The first kappa shape index (κ1) is 9.48. The summed E-state index contributed by atoms with van der Waals surface area (Å²) in [4.78, 5) is 15.3. The standard InChI is InChI=1S/C8H7ClN2O2S/c9-6-3-10-8-11(6)5(4-14-8)1-2-7(12)13/h3-4H,1-2H2,(H,12,13). The number of carboxylic acid groups (broad SMARTS) is 1. The van der Waals surface area contributed by atoms with Gasteiger partial charge in [0.1, 0.15) is 5.15 Å². The molecule has 0 unspecified atom stereocenters. The van der Waals surface area contributed by atoms with Crippen LogP contribution >= 0.6 is 22.9 Å². The highest BCUT2D eigenvalue weighted by molar-refractivity contribution is 7.15. The number of carboxylic acids is 1. The van der Waals surface area contributed by atoms with Gasteiger partial charge in [0.2, 0.25) is 0 Å². The van der Waals surface area contributed by atoms with Crippen molar-refractivity contribution in [2.45, 2.75) is 12.8 Å². The van der Waals surface area contributed by atoms with Crippen molar-refractivity contribution in [1.29, 1.82) is 0 Å². The zero-order valence-electron chi connectivity index (χ0n) is 7.11. The fourth-order valence-electron chi connectivity index (χ4n) is 1.24. The van der Waals surface area contributed by atoms with Crippen molar-refractivity contribution >= 4 is 33.9 Å². The Morgan fingerprint density at radius 2 is 2.50 bits per heavy atom. The zero-order chi connectivity index (χ0) is 10.1. The lowest BCUT2D eigenvalue weighted by molar-refractivity contribution is -0.136. The number of aliphatic carboxylic acids is 1. The Hall–Kier alpha value is -1.07. The first-order valence-electron chi connectivity index (χ1n) is 3.99. The van der Waals surface area contributed by atoms with E-state index in [4.69, 9.17) is 16.7 Å². The average molecular weight is 231 g/mol. The summed E-state index contributed by atoms with van der Waals surface area (Å²) in [5, 5.41) is 11.0. The highest BCUT2D eigenvalue weighted by Gasteiger charge is 2.09. The summed E-state index contributed by atoms with van der Waals surface area (Å²) in [5.74, 6) is -0.805. The molecule has 0 aromatic carbocycles. The second kappa shape index (κ2) is 3.59. The van der Waals surface area contributed by atoms with Gasteiger partial charge in [0.05, 0.1) is 12.6 Å². The van der Waals surface area contributed by atoms with E-state index < -0.39 is 5.97 Å². The normalized spacial score (nSPS) is 10.9. The van der Waals surface area contributed by atoms with Crippen LogP contribution in [-0.2, 0) is 11.2 Å². The Morgan fingerprint density at radius 3 is 3.21 bits per heavy atom. The van der Waals surface area contributed by atoms with Crippen LogP contribution in [0.3, 0.4) is 0 Å². The van der Waals surface area contributed by atoms with Crippen LogP contribution in [0.4, 0.5) is 0 Å². The fraction of sp³-hybridized carbons (Fsp3) is 0.250. The van der Waals surface area contributed by atoms with E-state index >= 15 is 0 Å². The molecule has 0 spiro atoms. The van der Waals surface area contributed by atoms with E-state index in [0.29, 0.717) is 11.6 Å². The Balaban J connectivity index is 2.32. The molecule has 0 radical (unpaired) electrons. The van der Waals surface area contributed by atoms with E-state index in [9.17, 15) is 4.79 Å². The molecule has 0 saturated carbocycles. The molecule has 0 fully saturated rings. The first-order chi connectivity index (χ1) is 6.68. The van der Waals surface area contributed by atoms with Crippen LogP contribution in [0, 0.1) is 0 Å². The van der Waals surface area contributed by atoms with Gasteiger partial charge < -0.3 is 5.11 Å². The number of carbonyl (C=O) groups is 1. The van der Waals surface area contributed by atoms with Gasteiger partial charge in [0.15, 0.2) is 4.96 Å². The molecule has 74 valence electrons. The number of imidazole rings is 1. The molecule has 0 amide bonds. The maximum absolute atomic E-state index is 10.4. The Labute approximate surface area is 88.8 Å². The minimum absolute atomic E-state index is 0.111. The van der Waals surface area contributed by atoms with Crippen LogP contribution in [0.5, 0.6) is 0 Å². The van der Waals surface area contributed by atoms with Gasteiger partial charge >= 0.3 is 5.97 Å². The van der Waals surface area contributed by atoms with Crippen molar-refractivity contribution in [1.82, 2.24) is 9.38 Å². The molecule has 2 aromatic rings. The lowest BCUT2D eigenvalue weighted by Gasteiger charge is -1.96. The Kier molecular flexibility index (Phi) is 2.43. The molecule has 1 N–H and O–H groups in total. The second-order valence-corrected chi connectivity index (χ2v) is 4.04. The summed E-state index contributed by atoms with van der Waals surface area (Å²) in [6, 6.07) is 0. The lowest BCUT2D eigenvalue weighted by atomic mass is 10.2. The summed E-state index contributed by atoms with van der Waals surface area (Å²) in [5.41, 5.74) is 0.898. The van der Waals surface area contributed by atoms with Gasteiger partial charge in [-0.3, -0.25) is 9.20 Å². The number of nitrogens with zero attached hydrogens (tertiary/aromatic N) is 2. The summed E-state index contributed by atoms with van der Waals surface area (Å²) < 4.78 is 1.77. The largest absolute Gasteiger partial charge is 0.481 e. The van der Waals surface area contributed by atoms with Gasteiger partial charge in [0.25, 0.3) is 0 Å². The first-order valence-corrected chi connectivity index (χ1v) is 5.25. The van der Waals surface area contributed by atoms with Crippen molar-refractivity contribution in [3.63, 3.8) is 0 Å². The maximum atomic E-state index is 10.4. The van der Waals surface area contributed by atoms with Crippen LogP contribution < -0.4 is 0 Å². The smallest absolute Gasteiger partial charge is 0.303 e. The van der Waals surface area contributed by atoms with Crippen molar-refractivity contribution in [3.05, 3.63) is 22.4 Å². The van der Waals surface area contributed by atoms with Crippen LogP contribution in [0.2, 0.25) is 5.15 Å². The van der Waals surface area contributed by atoms with Gasteiger partial charge in [-0.2, -0.15) is 0 Å². The highest BCUT2D eigenvalue weighted by atomic mass is 35.5. The number of thiazole rings is 1. The van der Waals surface area contributed by atoms with E-state index in [2.05, 4.69) is 4.98 Å². The minimum Gasteiger partial charge on any atom is -0.481 e. The number of hydrogen-bond acceptors (Lipinski definition) is 3. The van der Waals surface area contributed by atoms with Crippen LogP contribution in [0.1, 0.15) is 12.1 Å². The fourth-order valence-corrected chi connectivity index (χ4v) is 2.42. The molecule has 2 heterocycles. The third kappa shape index (κ3) is 1.60. The average Bonchev–Trinajstić information content (AvgIpc) is 2.66. The van der Waals surface area contributed by atoms with Gasteiger partial charge in [-0.25, -0.2) is 4.98 Å². The zero-order valence-corrected chi connectivity index (χ0v) is 8.68. The van der Waals surface area contributed by atoms with Crippen LogP contribution in [-0.4, -0.2) is 20.5 Å². The van der Waals surface area contributed by atoms with E-state index in [-0.39, 0.29) is 6.42 Å². The van der Waals surface area contributed by atoms with Crippen molar-refractivity contribution < 1.29 is 9.90 Å². The predicted octanol–water partition coefficient (Wildman–Crippen LogP) is 2.07. The molecule has 0 aliphatic rings. The molecule has 6 heteroatoms. The number of fused-ring (bicyclic) bond motifs is 1. The molecule has 2 rings (SSSR count). The van der Waals surface area contributed by atoms with Crippen LogP contribution in [0.25, 0.3) is 4.96 Å². The van der Waals surface area contributed by atoms with E-state index in [1.165, 1.54) is 11.3 Å². The van der Waals surface area contributed by atoms with Gasteiger partial charge in [-0.05, 0) is 6.42 Å². The third-order valence-electron chi connectivity index (χ3n) is 1.87. The summed E-state index contributed by atoms with van der Waals surface area (Å²) in [6.07, 6.45) is 2.16. The monoisotopic (exact) mass is 230 g/mol. The summed E-state index contributed by atoms with van der Waals surface area (Å²) in [6.45, 7) is 0. The lowest BCUT2D eigenvalue weighted by Crippen LogP contribution is -1.99. The van der Waals surface area contributed by atoms with Gasteiger partial charge in [-0.1, -0.05) is 11.6 Å². The summed E-state index contributed by atoms with van der Waals surface area (Å²) in [7, 11) is 0. The Morgan fingerprint density at radius 1 is 1.71 bits per heavy atom. The number of aryl methyl sites for hydroxylation is 1. The van der Waals surface area contributed by atoms with Crippen molar-refractivity contribution in [3.8, 4) is 0 Å². The SMILES string of the molecule is O=C(O)CCc1csc2ncc(Cl)n12. The molecular formula is C8H7ClN2O2S. The van der Waals surface area contributed by atoms with Gasteiger partial charge in [-0.15, -0.1) is 11.3 Å². The maximum Gasteiger partial charge on any atom is 0.303 e. The molecule has 14 heavy (non-hydrogen) atoms. The van der Waals surface area contributed by atoms with E-state index in [0.717, 1.165) is 10.7 Å². The summed E-state index contributed by atoms with van der Waals surface area (Å²) >= 11 is 7.36. The number of hydrogen-bond donors (Lipinski definition) is 1. The second-order valence-electron chi connectivity index (χ2n) is 2.82. The van der Waals surface area contributed by atoms with Crippen LogP contribution in [0.15, 0.2) is 11.6 Å². The molecule has 2 aromatic heterocycles. The highest BCUT2D eigenvalue weighted by Crippen LogP contribution is 2.21. The molecule has 4 nitrogen and oxygen atoms in total. The predicted molar refractivity (Wildman–Crippen MR) is 54.0 cm³/mol. The van der Waals surface area contributed by atoms with E-state index in [1.54, 1.807) is 10.6 Å². The number of aromatic nitrogens is 2. The van der Waals surface area contributed by atoms with Crippen molar-refractivity contribution in [2.75, 3.05) is 0 Å². The molecule has 0 aliphatic heterocycles. The number of halogens is 1. The molecule has 0 aliphatic carbocycles. The third-order valence-corrected chi connectivity index (χ3v) is 3.02. The van der Waals surface area contributed by atoms with Gasteiger partial charge in [0, 0.05) is 11.1 Å². The van der Waals surface area contributed by atoms with Crippen molar-refractivity contribution in [2.24, 2.45) is 0 Å². The van der Waals surface area contributed by atoms with E-state index in [1.807, 2.05) is 5.38 Å².